The van der Waals surface area contributed by atoms with E-state index in [4.69, 9.17) is 9.84 Å². The van der Waals surface area contributed by atoms with Gasteiger partial charge in [-0.05, 0) is 45.5 Å². The summed E-state index contributed by atoms with van der Waals surface area (Å²) in [5.74, 6) is -0.321. The lowest BCUT2D eigenvalue weighted by Crippen LogP contribution is -2.26. The Bertz CT molecular complexity index is 552. The predicted molar refractivity (Wildman–Crippen MR) is 92.8 cm³/mol. The van der Waals surface area contributed by atoms with Crippen LogP contribution in [-0.4, -0.2) is 30.1 Å². The number of halogens is 1. The van der Waals surface area contributed by atoms with E-state index in [1.54, 1.807) is 0 Å². The first-order valence-corrected chi connectivity index (χ1v) is 8.41. The van der Waals surface area contributed by atoms with Crippen LogP contribution in [0.1, 0.15) is 45.6 Å². The smallest absolute Gasteiger partial charge is 0.305 e. The minimum atomic E-state index is -0.919. The van der Waals surface area contributed by atoms with Crippen molar-refractivity contribution < 1.29 is 19.4 Å². The maximum absolute atomic E-state index is 11.5. The van der Waals surface area contributed by atoms with E-state index < -0.39 is 5.97 Å². The fourth-order valence-corrected chi connectivity index (χ4v) is 2.39. The van der Waals surface area contributed by atoms with Gasteiger partial charge >= 0.3 is 5.97 Å². The van der Waals surface area contributed by atoms with Crippen molar-refractivity contribution in [1.82, 2.24) is 5.32 Å². The highest BCUT2D eigenvalue weighted by Gasteiger charge is 2.15. The second kappa shape index (κ2) is 8.91. The lowest BCUT2D eigenvalue weighted by atomic mass is 9.87. The van der Waals surface area contributed by atoms with Crippen molar-refractivity contribution in [2.24, 2.45) is 0 Å². The zero-order valence-corrected chi connectivity index (χ0v) is 15.4. The van der Waals surface area contributed by atoms with Gasteiger partial charge in [-0.25, -0.2) is 0 Å². The molecule has 0 fully saturated rings. The van der Waals surface area contributed by atoms with E-state index in [1.807, 2.05) is 18.2 Å². The lowest BCUT2D eigenvalue weighted by Gasteiger charge is -2.20. The van der Waals surface area contributed by atoms with Crippen LogP contribution in [0.2, 0.25) is 0 Å². The molecule has 0 aliphatic heterocycles. The van der Waals surface area contributed by atoms with E-state index in [0.717, 1.165) is 10.2 Å². The molecule has 6 heteroatoms. The Morgan fingerprint density at radius 3 is 2.52 bits per heavy atom. The minimum Gasteiger partial charge on any atom is -0.492 e. The normalized spacial score (nSPS) is 11.1. The molecular formula is C17H24BrNO4. The third kappa shape index (κ3) is 7.50. The number of aliphatic carboxylic acids is 1. The summed E-state index contributed by atoms with van der Waals surface area (Å²) >= 11 is 3.51. The molecule has 5 nitrogen and oxygen atoms in total. The van der Waals surface area contributed by atoms with Crippen molar-refractivity contribution in [2.45, 2.75) is 45.4 Å². The average molecular weight is 386 g/mol. The van der Waals surface area contributed by atoms with Crippen LogP contribution in [0.15, 0.2) is 22.7 Å². The highest BCUT2D eigenvalue weighted by molar-refractivity contribution is 9.10. The molecule has 0 saturated heterocycles. The first-order chi connectivity index (χ1) is 10.7. The van der Waals surface area contributed by atoms with E-state index in [-0.39, 0.29) is 24.3 Å². The first-order valence-electron chi connectivity index (χ1n) is 7.61. The number of nitrogens with one attached hydrogen (secondary N) is 1. The number of hydrogen-bond donors (Lipinski definition) is 2. The second-order valence-corrected chi connectivity index (χ2v) is 7.20. The monoisotopic (exact) mass is 385 g/mol. The van der Waals surface area contributed by atoms with E-state index in [2.05, 4.69) is 42.0 Å². The van der Waals surface area contributed by atoms with Crippen LogP contribution >= 0.6 is 15.9 Å². The SMILES string of the molecule is CC(C)(C)c1ccc(OCCCC(=O)NCCC(=O)O)c(Br)c1. The van der Waals surface area contributed by atoms with Crippen molar-refractivity contribution in [1.29, 1.82) is 0 Å². The van der Waals surface area contributed by atoms with Crippen molar-refractivity contribution in [2.75, 3.05) is 13.2 Å². The lowest BCUT2D eigenvalue weighted by molar-refractivity contribution is -0.136. The predicted octanol–water partition coefficient (Wildman–Crippen LogP) is 3.50. The molecule has 1 rings (SSSR count). The van der Waals surface area contributed by atoms with Crippen LogP contribution in [-0.2, 0) is 15.0 Å². The molecule has 2 N–H and O–H groups in total. The zero-order chi connectivity index (χ0) is 17.5. The highest BCUT2D eigenvalue weighted by Crippen LogP contribution is 2.31. The fourth-order valence-electron chi connectivity index (χ4n) is 1.90. The molecule has 1 aromatic rings. The molecule has 0 aliphatic rings. The molecule has 0 atom stereocenters. The summed E-state index contributed by atoms with van der Waals surface area (Å²) in [6.45, 7) is 7.05. The molecule has 0 unspecified atom stereocenters. The van der Waals surface area contributed by atoms with E-state index in [9.17, 15) is 9.59 Å². The summed E-state index contributed by atoms with van der Waals surface area (Å²) in [5.41, 5.74) is 1.30. The Hall–Kier alpha value is -1.56. The van der Waals surface area contributed by atoms with Gasteiger partial charge in [-0.1, -0.05) is 26.8 Å². The van der Waals surface area contributed by atoms with Crippen molar-refractivity contribution >= 4 is 27.8 Å². The van der Waals surface area contributed by atoms with Gasteiger partial charge in [0.2, 0.25) is 5.91 Å². The van der Waals surface area contributed by atoms with Crippen molar-refractivity contribution in [3.63, 3.8) is 0 Å². The van der Waals surface area contributed by atoms with Gasteiger partial charge in [-0.2, -0.15) is 0 Å². The topological polar surface area (TPSA) is 75.6 Å². The molecule has 0 spiro atoms. The summed E-state index contributed by atoms with van der Waals surface area (Å²) in [6, 6.07) is 6.02. The second-order valence-electron chi connectivity index (χ2n) is 6.34. The van der Waals surface area contributed by atoms with E-state index in [0.29, 0.717) is 19.4 Å². The Kier molecular flexibility index (Phi) is 7.55. The summed E-state index contributed by atoms with van der Waals surface area (Å²) in [5, 5.41) is 11.1. The van der Waals surface area contributed by atoms with E-state index >= 15 is 0 Å². The van der Waals surface area contributed by atoms with Gasteiger partial charge in [0.25, 0.3) is 0 Å². The van der Waals surface area contributed by atoms with Gasteiger partial charge < -0.3 is 15.2 Å². The molecule has 0 bridgehead atoms. The van der Waals surface area contributed by atoms with Gasteiger partial charge in [0.05, 0.1) is 17.5 Å². The third-order valence-electron chi connectivity index (χ3n) is 3.26. The van der Waals surface area contributed by atoms with Crippen LogP contribution < -0.4 is 10.1 Å². The fraction of sp³-hybridized carbons (Fsp3) is 0.529. The van der Waals surface area contributed by atoms with E-state index in [1.165, 1.54) is 5.56 Å². The number of hydrogen-bond acceptors (Lipinski definition) is 3. The quantitative estimate of drug-likeness (QED) is 0.671. The molecule has 0 heterocycles. The zero-order valence-electron chi connectivity index (χ0n) is 13.8. The molecular weight excluding hydrogens is 362 g/mol. The largest absolute Gasteiger partial charge is 0.492 e. The van der Waals surface area contributed by atoms with Crippen LogP contribution in [0.4, 0.5) is 0 Å². The summed E-state index contributed by atoms with van der Waals surface area (Å²) in [6.07, 6.45) is 0.832. The maximum atomic E-state index is 11.5. The number of ether oxygens (including phenoxy) is 1. The Labute approximate surface area is 145 Å². The number of carbonyl (C=O) groups excluding carboxylic acids is 1. The Morgan fingerprint density at radius 2 is 1.96 bits per heavy atom. The Morgan fingerprint density at radius 1 is 1.26 bits per heavy atom. The Balaban J connectivity index is 2.33. The molecule has 128 valence electrons. The molecule has 23 heavy (non-hydrogen) atoms. The number of carboxylic acids is 1. The summed E-state index contributed by atoms with van der Waals surface area (Å²) < 4.78 is 6.58. The molecule has 1 aromatic carbocycles. The summed E-state index contributed by atoms with van der Waals surface area (Å²) in [4.78, 5) is 21.8. The number of carboxylic acid groups (broad SMARTS) is 1. The van der Waals surface area contributed by atoms with Crippen LogP contribution in [0.3, 0.4) is 0 Å². The van der Waals surface area contributed by atoms with Crippen molar-refractivity contribution in [3.8, 4) is 5.75 Å². The molecule has 0 saturated carbocycles. The maximum Gasteiger partial charge on any atom is 0.305 e. The first kappa shape index (κ1) is 19.5. The number of rotatable bonds is 8. The van der Waals surface area contributed by atoms with Gasteiger partial charge in [-0.3, -0.25) is 9.59 Å². The van der Waals surface area contributed by atoms with Gasteiger partial charge in [0.15, 0.2) is 0 Å². The minimum absolute atomic E-state index is 0.0602. The summed E-state index contributed by atoms with van der Waals surface area (Å²) in [7, 11) is 0. The number of amides is 1. The average Bonchev–Trinajstić information content (AvgIpc) is 2.43. The van der Waals surface area contributed by atoms with Gasteiger partial charge in [0, 0.05) is 13.0 Å². The third-order valence-corrected chi connectivity index (χ3v) is 3.88. The van der Waals surface area contributed by atoms with Crippen LogP contribution in [0.25, 0.3) is 0 Å². The molecule has 0 radical (unpaired) electrons. The number of benzene rings is 1. The highest BCUT2D eigenvalue weighted by atomic mass is 79.9. The van der Waals surface area contributed by atoms with Gasteiger partial charge in [0.1, 0.15) is 5.75 Å². The van der Waals surface area contributed by atoms with Gasteiger partial charge in [-0.15, -0.1) is 0 Å². The molecule has 0 aromatic heterocycles. The number of carbonyl (C=O) groups is 2. The standard InChI is InChI=1S/C17H24BrNO4/c1-17(2,3)12-6-7-14(13(18)11-12)23-10-4-5-15(20)19-9-8-16(21)22/h6-7,11H,4-5,8-10H2,1-3H3,(H,19,20)(H,21,22). The molecule has 1 amide bonds. The van der Waals surface area contributed by atoms with Crippen molar-refractivity contribution in [3.05, 3.63) is 28.2 Å². The molecule has 0 aliphatic carbocycles. The van der Waals surface area contributed by atoms with Crippen LogP contribution in [0, 0.1) is 0 Å². The van der Waals surface area contributed by atoms with Crippen LogP contribution in [0.5, 0.6) is 5.75 Å².